The fourth-order valence-corrected chi connectivity index (χ4v) is 3.11. The average Bonchev–Trinajstić information content (AvgIpc) is 2.77. The Hall–Kier alpha value is -2.80. The molecule has 7 nitrogen and oxygen atoms in total. The average molecular weight is 426 g/mol. The number of aromatic nitrogens is 2. The van der Waals surface area contributed by atoms with Gasteiger partial charge in [0.2, 0.25) is 5.91 Å². The highest BCUT2D eigenvalue weighted by Gasteiger charge is 2.21. The van der Waals surface area contributed by atoms with Crippen molar-refractivity contribution in [3.8, 4) is 0 Å². The van der Waals surface area contributed by atoms with E-state index in [-0.39, 0.29) is 18.2 Å². The van der Waals surface area contributed by atoms with Crippen LogP contribution in [0, 0.1) is 5.92 Å². The van der Waals surface area contributed by atoms with Crippen LogP contribution in [0.2, 0.25) is 0 Å². The SMILES string of the molecule is CC(C)CCN(CCC(=O)N(CCN(C)C)Cc1ccccc1)C(=O)c1cnccn1. The Morgan fingerprint density at radius 1 is 0.935 bits per heavy atom. The molecule has 0 aliphatic rings. The van der Waals surface area contributed by atoms with Gasteiger partial charge >= 0.3 is 0 Å². The molecule has 0 spiro atoms. The second-order valence-electron chi connectivity index (χ2n) is 8.42. The molecule has 168 valence electrons. The first kappa shape index (κ1) is 24.5. The van der Waals surface area contributed by atoms with E-state index in [0.29, 0.717) is 37.8 Å². The Balaban J connectivity index is 2.06. The van der Waals surface area contributed by atoms with Crippen LogP contribution in [-0.4, -0.2) is 76.8 Å². The van der Waals surface area contributed by atoms with Crippen LogP contribution in [0.5, 0.6) is 0 Å². The van der Waals surface area contributed by atoms with E-state index in [1.165, 1.54) is 12.4 Å². The summed E-state index contributed by atoms with van der Waals surface area (Å²) in [7, 11) is 4.00. The molecule has 2 rings (SSSR count). The fraction of sp³-hybridized carbons (Fsp3) is 0.500. The molecule has 0 bridgehead atoms. The minimum absolute atomic E-state index is 0.0483. The van der Waals surface area contributed by atoms with Crippen molar-refractivity contribution >= 4 is 11.8 Å². The highest BCUT2D eigenvalue weighted by atomic mass is 16.2. The maximum Gasteiger partial charge on any atom is 0.274 e. The number of carbonyl (C=O) groups is 2. The van der Waals surface area contributed by atoms with Crippen LogP contribution in [-0.2, 0) is 11.3 Å². The minimum atomic E-state index is -0.176. The highest BCUT2D eigenvalue weighted by molar-refractivity contribution is 5.92. The molecule has 1 aromatic heterocycles. The molecule has 0 saturated carbocycles. The summed E-state index contributed by atoms with van der Waals surface area (Å²) in [5, 5.41) is 0. The predicted molar refractivity (Wildman–Crippen MR) is 122 cm³/mol. The summed E-state index contributed by atoms with van der Waals surface area (Å²) < 4.78 is 0. The van der Waals surface area contributed by atoms with E-state index in [1.807, 2.05) is 49.3 Å². The van der Waals surface area contributed by atoms with Crippen molar-refractivity contribution < 1.29 is 9.59 Å². The Kier molecular flexibility index (Phi) is 10.1. The van der Waals surface area contributed by atoms with Gasteiger partial charge in [0.25, 0.3) is 5.91 Å². The van der Waals surface area contributed by atoms with Crippen LogP contribution in [0.3, 0.4) is 0 Å². The molecule has 0 aliphatic heterocycles. The molecular weight excluding hydrogens is 390 g/mol. The third kappa shape index (κ3) is 8.84. The highest BCUT2D eigenvalue weighted by Crippen LogP contribution is 2.10. The Bertz CT molecular complexity index is 796. The molecule has 7 heteroatoms. The van der Waals surface area contributed by atoms with Crippen LogP contribution in [0.1, 0.15) is 42.7 Å². The molecule has 0 fully saturated rings. The molecular formula is C24H35N5O2. The number of likely N-dealkylation sites (N-methyl/N-ethyl adjacent to an activating group) is 1. The second-order valence-corrected chi connectivity index (χ2v) is 8.42. The first-order chi connectivity index (χ1) is 14.9. The third-order valence-corrected chi connectivity index (χ3v) is 5.03. The maximum atomic E-state index is 13.1. The molecule has 1 heterocycles. The van der Waals surface area contributed by atoms with Crippen LogP contribution < -0.4 is 0 Å². The van der Waals surface area contributed by atoms with E-state index < -0.39 is 0 Å². The summed E-state index contributed by atoms with van der Waals surface area (Å²) in [5.41, 5.74) is 1.41. The zero-order valence-electron chi connectivity index (χ0n) is 19.2. The van der Waals surface area contributed by atoms with Crippen LogP contribution in [0.15, 0.2) is 48.9 Å². The number of hydrogen-bond donors (Lipinski definition) is 0. The molecule has 0 N–H and O–H groups in total. The smallest absolute Gasteiger partial charge is 0.274 e. The van der Waals surface area contributed by atoms with Gasteiger partial charge in [-0.3, -0.25) is 14.6 Å². The predicted octanol–water partition coefficient (Wildman–Crippen LogP) is 2.95. The number of hydrogen-bond acceptors (Lipinski definition) is 5. The third-order valence-electron chi connectivity index (χ3n) is 5.03. The molecule has 0 unspecified atom stereocenters. The zero-order valence-corrected chi connectivity index (χ0v) is 19.2. The standard InChI is InChI=1S/C24H35N5O2/c1-20(2)10-14-28(24(31)22-18-25-12-13-26-22)15-11-23(30)29(17-16-27(3)4)19-21-8-6-5-7-9-21/h5-9,12-13,18,20H,10-11,14-17,19H2,1-4H3. The van der Waals surface area contributed by atoms with Crippen molar-refractivity contribution in [2.75, 3.05) is 40.3 Å². The molecule has 2 amide bonds. The van der Waals surface area contributed by atoms with Gasteiger partial charge in [-0.1, -0.05) is 44.2 Å². The number of benzene rings is 1. The Morgan fingerprint density at radius 2 is 1.68 bits per heavy atom. The van der Waals surface area contributed by atoms with Crippen molar-refractivity contribution in [2.45, 2.75) is 33.2 Å². The number of carbonyl (C=O) groups excluding carboxylic acids is 2. The molecule has 31 heavy (non-hydrogen) atoms. The van der Waals surface area contributed by atoms with Crippen LogP contribution in [0.25, 0.3) is 0 Å². The van der Waals surface area contributed by atoms with Gasteiger partial charge in [-0.05, 0) is 32.0 Å². The van der Waals surface area contributed by atoms with Gasteiger partial charge in [0, 0.05) is 51.5 Å². The monoisotopic (exact) mass is 425 g/mol. The van der Waals surface area contributed by atoms with Crippen molar-refractivity contribution in [3.05, 3.63) is 60.2 Å². The topological polar surface area (TPSA) is 69.6 Å². The van der Waals surface area contributed by atoms with E-state index in [0.717, 1.165) is 18.5 Å². The number of rotatable bonds is 12. The lowest BCUT2D eigenvalue weighted by molar-refractivity contribution is -0.132. The first-order valence-corrected chi connectivity index (χ1v) is 10.9. The molecule has 2 aromatic rings. The van der Waals surface area contributed by atoms with Crippen LogP contribution in [0.4, 0.5) is 0 Å². The molecule has 0 radical (unpaired) electrons. The summed E-state index contributed by atoms with van der Waals surface area (Å²) in [5.74, 6) is 0.333. The fourth-order valence-electron chi connectivity index (χ4n) is 3.11. The lowest BCUT2D eigenvalue weighted by atomic mass is 10.1. The Labute approximate surface area is 186 Å². The number of nitrogens with zero attached hydrogens (tertiary/aromatic N) is 5. The van der Waals surface area contributed by atoms with Gasteiger partial charge in [-0.15, -0.1) is 0 Å². The van der Waals surface area contributed by atoms with Gasteiger partial charge in [-0.2, -0.15) is 0 Å². The lowest BCUT2D eigenvalue weighted by Gasteiger charge is -2.27. The van der Waals surface area contributed by atoms with E-state index in [2.05, 4.69) is 28.7 Å². The molecule has 0 atom stereocenters. The van der Waals surface area contributed by atoms with Gasteiger partial charge in [-0.25, -0.2) is 4.98 Å². The van der Waals surface area contributed by atoms with Gasteiger partial charge in [0.05, 0.1) is 6.20 Å². The van der Waals surface area contributed by atoms with Crippen molar-refractivity contribution in [2.24, 2.45) is 5.92 Å². The maximum absolute atomic E-state index is 13.1. The van der Waals surface area contributed by atoms with Crippen molar-refractivity contribution in [3.63, 3.8) is 0 Å². The van der Waals surface area contributed by atoms with Crippen molar-refractivity contribution in [1.82, 2.24) is 24.7 Å². The minimum Gasteiger partial charge on any atom is -0.337 e. The second kappa shape index (κ2) is 12.8. The van der Waals surface area contributed by atoms with E-state index >= 15 is 0 Å². The summed E-state index contributed by atoms with van der Waals surface area (Å²) in [6.45, 7) is 7.21. The first-order valence-electron chi connectivity index (χ1n) is 10.9. The van der Waals surface area contributed by atoms with E-state index in [4.69, 9.17) is 0 Å². The normalized spacial score (nSPS) is 11.0. The number of amides is 2. The molecule has 0 saturated heterocycles. The quantitative estimate of drug-likeness (QED) is 0.523. The van der Waals surface area contributed by atoms with E-state index in [9.17, 15) is 9.59 Å². The summed E-state index contributed by atoms with van der Waals surface area (Å²) >= 11 is 0. The largest absolute Gasteiger partial charge is 0.337 e. The molecule has 0 aliphatic carbocycles. The summed E-state index contributed by atoms with van der Waals surface area (Å²) in [4.78, 5) is 39.9. The van der Waals surface area contributed by atoms with Gasteiger partial charge in [0.15, 0.2) is 0 Å². The molecule has 1 aromatic carbocycles. The Morgan fingerprint density at radius 3 is 2.29 bits per heavy atom. The summed E-state index contributed by atoms with van der Waals surface area (Å²) in [6, 6.07) is 10.00. The van der Waals surface area contributed by atoms with Crippen molar-refractivity contribution in [1.29, 1.82) is 0 Å². The summed E-state index contributed by atoms with van der Waals surface area (Å²) in [6.07, 6.45) is 5.69. The lowest BCUT2D eigenvalue weighted by Crippen LogP contribution is -2.40. The van der Waals surface area contributed by atoms with Crippen LogP contribution >= 0.6 is 0 Å². The van der Waals surface area contributed by atoms with Gasteiger partial charge in [0.1, 0.15) is 5.69 Å². The van der Waals surface area contributed by atoms with Gasteiger partial charge < -0.3 is 14.7 Å². The zero-order chi connectivity index (χ0) is 22.6. The van der Waals surface area contributed by atoms with E-state index in [1.54, 1.807) is 11.1 Å².